The monoisotopic (exact) mass is 180 g/mol. The second kappa shape index (κ2) is 7.50. The summed E-state index contributed by atoms with van der Waals surface area (Å²) in [7, 11) is 0. The largest absolute Gasteiger partial charge is 0.393 e. The molecule has 2 nitrogen and oxygen atoms in total. The highest BCUT2D eigenvalue weighted by Crippen LogP contribution is 2.19. The number of hydrogen-bond donors (Lipinski definition) is 2. The van der Waals surface area contributed by atoms with Crippen molar-refractivity contribution in [1.29, 1.82) is 0 Å². The molecular formula is C9H21FO2. The Morgan fingerprint density at radius 1 is 1.17 bits per heavy atom. The molecular weight excluding hydrogens is 159 g/mol. The summed E-state index contributed by atoms with van der Waals surface area (Å²) in [6.07, 6.45) is 0.208. The zero-order valence-corrected chi connectivity index (χ0v) is 8.47. The molecule has 12 heavy (non-hydrogen) atoms. The van der Waals surface area contributed by atoms with Crippen LogP contribution in [0.1, 0.15) is 34.1 Å². The number of aliphatic hydroxyl groups is 2. The van der Waals surface area contributed by atoms with E-state index < -0.39 is 18.9 Å². The van der Waals surface area contributed by atoms with Crippen LogP contribution in [-0.2, 0) is 0 Å². The van der Waals surface area contributed by atoms with Crippen molar-refractivity contribution in [2.75, 3.05) is 13.2 Å². The summed E-state index contributed by atoms with van der Waals surface area (Å²) in [4.78, 5) is 0. The van der Waals surface area contributed by atoms with E-state index in [4.69, 9.17) is 10.2 Å². The highest BCUT2D eigenvalue weighted by atomic mass is 19.1. The molecule has 0 radical (unpaired) electrons. The van der Waals surface area contributed by atoms with Gasteiger partial charge < -0.3 is 10.2 Å². The van der Waals surface area contributed by atoms with Gasteiger partial charge in [-0.15, -0.1) is 0 Å². The molecule has 0 amide bonds. The lowest BCUT2D eigenvalue weighted by Gasteiger charge is -2.21. The van der Waals surface area contributed by atoms with E-state index in [9.17, 15) is 4.39 Å². The maximum Gasteiger partial charge on any atom is 0.157 e. The van der Waals surface area contributed by atoms with Crippen LogP contribution in [0.5, 0.6) is 0 Å². The fourth-order valence-electron chi connectivity index (χ4n) is 0.911. The third-order valence-corrected chi connectivity index (χ3v) is 1.34. The van der Waals surface area contributed by atoms with E-state index in [1.54, 1.807) is 0 Å². The SMILES string of the molecule is CC.CC(C)CC(F)(CO)CO. The lowest BCUT2D eigenvalue weighted by Crippen LogP contribution is -2.33. The van der Waals surface area contributed by atoms with Gasteiger partial charge in [0, 0.05) is 0 Å². The third kappa shape index (κ3) is 6.55. The molecule has 0 heterocycles. The molecule has 0 saturated heterocycles. The van der Waals surface area contributed by atoms with Gasteiger partial charge in [-0.1, -0.05) is 27.7 Å². The van der Waals surface area contributed by atoms with Crippen molar-refractivity contribution in [3.8, 4) is 0 Å². The maximum absolute atomic E-state index is 13.0. The first-order valence-electron chi connectivity index (χ1n) is 4.45. The quantitative estimate of drug-likeness (QED) is 0.692. The van der Waals surface area contributed by atoms with E-state index in [0.29, 0.717) is 0 Å². The molecule has 0 fully saturated rings. The Morgan fingerprint density at radius 3 is 1.58 bits per heavy atom. The molecule has 0 unspecified atom stereocenters. The predicted octanol–water partition coefficient (Wildman–Crippen LogP) is 1.75. The Kier molecular flexibility index (Phi) is 8.98. The zero-order chi connectivity index (χ0) is 10.2. The molecule has 0 bridgehead atoms. The van der Waals surface area contributed by atoms with Crippen molar-refractivity contribution in [3.63, 3.8) is 0 Å². The Morgan fingerprint density at radius 2 is 1.50 bits per heavy atom. The third-order valence-electron chi connectivity index (χ3n) is 1.34. The van der Waals surface area contributed by atoms with Gasteiger partial charge in [0.05, 0.1) is 13.2 Å². The van der Waals surface area contributed by atoms with E-state index in [1.807, 2.05) is 27.7 Å². The van der Waals surface area contributed by atoms with Gasteiger partial charge in [0.1, 0.15) is 0 Å². The highest BCUT2D eigenvalue weighted by Gasteiger charge is 2.28. The fraction of sp³-hybridized carbons (Fsp3) is 1.00. The second-order valence-electron chi connectivity index (χ2n) is 3.07. The van der Waals surface area contributed by atoms with Crippen LogP contribution in [0.4, 0.5) is 4.39 Å². The van der Waals surface area contributed by atoms with E-state index in [1.165, 1.54) is 0 Å². The van der Waals surface area contributed by atoms with Crippen LogP contribution in [-0.4, -0.2) is 29.1 Å². The molecule has 3 heteroatoms. The van der Waals surface area contributed by atoms with Crippen LogP contribution < -0.4 is 0 Å². The van der Waals surface area contributed by atoms with Gasteiger partial charge in [0.25, 0.3) is 0 Å². The molecule has 0 saturated carbocycles. The minimum atomic E-state index is -1.78. The van der Waals surface area contributed by atoms with Crippen LogP contribution in [0.15, 0.2) is 0 Å². The van der Waals surface area contributed by atoms with E-state index in [-0.39, 0.29) is 12.3 Å². The molecule has 0 aliphatic rings. The Bertz CT molecular complexity index is 90.5. The number of halogens is 1. The van der Waals surface area contributed by atoms with Gasteiger partial charge in [-0.3, -0.25) is 0 Å². The van der Waals surface area contributed by atoms with Crippen molar-refractivity contribution >= 4 is 0 Å². The number of rotatable bonds is 4. The van der Waals surface area contributed by atoms with Crippen molar-refractivity contribution in [3.05, 3.63) is 0 Å². The van der Waals surface area contributed by atoms with Crippen molar-refractivity contribution in [2.24, 2.45) is 5.92 Å². The summed E-state index contributed by atoms with van der Waals surface area (Å²) in [5, 5.41) is 17.0. The summed E-state index contributed by atoms with van der Waals surface area (Å²) >= 11 is 0. The first-order valence-corrected chi connectivity index (χ1v) is 4.45. The summed E-state index contributed by atoms with van der Waals surface area (Å²) in [5.74, 6) is 0.157. The van der Waals surface area contributed by atoms with E-state index in [2.05, 4.69) is 0 Å². The maximum atomic E-state index is 13.0. The predicted molar refractivity (Wildman–Crippen MR) is 48.8 cm³/mol. The van der Waals surface area contributed by atoms with Crippen molar-refractivity contribution in [1.82, 2.24) is 0 Å². The van der Waals surface area contributed by atoms with Crippen LogP contribution >= 0.6 is 0 Å². The molecule has 0 aromatic rings. The minimum Gasteiger partial charge on any atom is -0.393 e. The molecule has 0 spiro atoms. The van der Waals surface area contributed by atoms with Crippen LogP contribution in [0.2, 0.25) is 0 Å². The zero-order valence-electron chi connectivity index (χ0n) is 8.47. The van der Waals surface area contributed by atoms with Crippen LogP contribution in [0, 0.1) is 5.92 Å². The van der Waals surface area contributed by atoms with Crippen LogP contribution in [0.3, 0.4) is 0 Å². The first-order chi connectivity index (χ1) is 5.54. The second-order valence-corrected chi connectivity index (χ2v) is 3.07. The summed E-state index contributed by atoms with van der Waals surface area (Å²) in [6.45, 7) is 6.50. The van der Waals surface area contributed by atoms with Gasteiger partial charge in [0.2, 0.25) is 0 Å². The molecule has 0 aromatic carbocycles. The van der Waals surface area contributed by atoms with Crippen molar-refractivity contribution in [2.45, 2.75) is 39.8 Å². The molecule has 2 N–H and O–H groups in total. The molecule has 0 aromatic heterocycles. The summed E-state index contributed by atoms with van der Waals surface area (Å²) in [6, 6.07) is 0. The molecule has 0 aliphatic carbocycles. The van der Waals surface area contributed by atoms with Gasteiger partial charge >= 0.3 is 0 Å². The molecule has 0 rings (SSSR count). The standard InChI is InChI=1S/C7H15FO2.C2H6/c1-6(2)3-7(8,4-9)5-10;1-2/h6,9-10H,3-5H2,1-2H3;1-2H3. The lowest BCUT2D eigenvalue weighted by atomic mass is 9.96. The van der Waals surface area contributed by atoms with Gasteiger partial charge in [0.15, 0.2) is 5.67 Å². The highest BCUT2D eigenvalue weighted by molar-refractivity contribution is 4.77. The fourth-order valence-corrected chi connectivity index (χ4v) is 0.911. The topological polar surface area (TPSA) is 40.5 Å². The average molecular weight is 180 g/mol. The van der Waals surface area contributed by atoms with Crippen molar-refractivity contribution < 1.29 is 14.6 Å². The number of aliphatic hydroxyl groups excluding tert-OH is 2. The Balaban J connectivity index is 0. The average Bonchev–Trinajstić information content (AvgIpc) is 2.07. The summed E-state index contributed by atoms with van der Waals surface area (Å²) < 4.78 is 13.0. The van der Waals surface area contributed by atoms with Gasteiger partial charge in [-0.25, -0.2) is 4.39 Å². The van der Waals surface area contributed by atoms with Crippen LogP contribution in [0.25, 0.3) is 0 Å². The molecule has 0 aliphatic heterocycles. The first kappa shape index (κ1) is 14.4. The summed E-state index contributed by atoms with van der Waals surface area (Å²) in [5.41, 5.74) is -1.78. The van der Waals surface area contributed by atoms with E-state index >= 15 is 0 Å². The van der Waals surface area contributed by atoms with Gasteiger partial charge in [-0.2, -0.15) is 0 Å². The Labute approximate surface area is 74.4 Å². The smallest absolute Gasteiger partial charge is 0.157 e. The number of alkyl halides is 1. The van der Waals surface area contributed by atoms with E-state index in [0.717, 1.165) is 0 Å². The number of hydrogen-bond acceptors (Lipinski definition) is 2. The Hall–Kier alpha value is -0.150. The lowest BCUT2D eigenvalue weighted by molar-refractivity contribution is 0.000904. The minimum absolute atomic E-state index is 0.157. The van der Waals surface area contributed by atoms with Gasteiger partial charge in [-0.05, 0) is 12.3 Å². The molecule has 0 atom stereocenters. The molecule has 76 valence electrons. The normalized spacial score (nSPS) is 11.0.